The van der Waals surface area contributed by atoms with Crippen molar-refractivity contribution in [2.24, 2.45) is 5.92 Å². The summed E-state index contributed by atoms with van der Waals surface area (Å²) >= 11 is 0. The van der Waals surface area contributed by atoms with Gasteiger partial charge in [0.1, 0.15) is 0 Å². The molecule has 1 saturated carbocycles. The Kier molecular flexibility index (Phi) is 4.66. The van der Waals surface area contributed by atoms with Crippen molar-refractivity contribution >= 4 is 5.97 Å². The van der Waals surface area contributed by atoms with Crippen LogP contribution in [-0.2, 0) is 15.1 Å². The minimum atomic E-state index is -1.28. The molecule has 0 amide bonds. The maximum atomic E-state index is 12.2. The van der Waals surface area contributed by atoms with Gasteiger partial charge in [-0.2, -0.15) is 0 Å². The molecule has 0 saturated heterocycles. The first-order valence-electron chi connectivity index (χ1n) is 9.97. The summed E-state index contributed by atoms with van der Waals surface area (Å²) in [5.74, 6) is -1.88. The van der Waals surface area contributed by atoms with Crippen molar-refractivity contribution < 1.29 is 19.7 Å². The van der Waals surface area contributed by atoms with Crippen LogP contribution in [-0.4, -0.2) is 16.2 Å². The van der Waals surface area contributed by atoms with Crippen LogP contribution in [0.25, 0.3) is 11.1 Å². The van der Waals surface area contributed by atoms with Crippen molar-refractivity contribution in [2.45, 2.75) is 51.6 Å². The van der Waals surface area contributed by atoms with E-state index in [9.17, 15) is 15.0 Å². The van der Waals surface area contributed by atoms with Gasteiger partial charge >= 0.3 is 5.97 Å². The topological polar surface area (TPSA) is 66.8 Å². The Labute approximate surface area is 165 Å². The number of aliphatic hydroxyl groups excluding tert-OH is 2. The van der Waals surface area contributed by atoms with Gasteiger partial charge in [-0.05, 0) is 43.4 Å². The van der Waals surface area contributed by atoms with E-state index in [2.05, 4.69) is 37.3 Å². The second-order valence-electron chi connectivity index (χ2n) is 8.05. The second kappa shape index (κ2) is 7.01. The lowest BCUT2D eigenvalue weighted by Gasteiger charge is -2.39. The second-order valence-corrected chi connectivity index (χ2v) is 8.05. The number of esters is 1. The average molecular weight is 378 g/mol. The zero-order valence-corrected chi connectivity index (χ0v) is 16.4. The standard InChI is InChI=1S/C24H26O4/c1-15-8-10-17(11-9-15)18-12-13-20(16(2)14-18)24(19-6-4-3-5-7-19)22(26)21(25)23(27)28-24/h8-14,19,25-26H,3-7H2,1-2H3. The minimum Gasteiger partial charge on any atom is -0.505 e. The predicted octanol–water partition coefficient (Wildman–Crippen LogP) is 5.63. The summed E-state index contributed by atoms with van der Waals surface area (Å²) in [5, 5.41) is 20.9. The third kappa shape index (κ3) is 2.88. The van der Waals surface area contributed by atoms with E-state index in [0.29, 0.717) is 0 Å². The molecular weight excluding hydrogens is 352 g/mol. The van der Waals surface area contributed by atoms with Crippen molar-refractivity contribution in [1.82, 2.24) is 0 Å². The minimum absolute atomic E-state index is 0.0428. The van der Waals surface area contributed by atoms with E-state index in [1.165, 1.54) is 5.56 Å². The molecule has 4 nitrogen and oxygen atoms in total. The number of rotatable bonds is 3. The molecule has 4 heteroatoms. The van der Waals surface area contributed by atoms with Gasteiger partial charge in [0.05, 0.1) is 0 Å². The van der Waals surface area contributed by atoms with E-state index in [0.717, 1.165) is 54.4 Å². The maximum Gasteiger partial charge on any atom is 0.378 e. The highest BCUT2D eigenvalue weighted by molar-refractivity contribution is 5.90. The molecule has 0 bridgehead atoms. The average Bonchev–Trinajstić information content (AvgIpc) is 2.94. The fraction of sp³-hybridized carbons (Fsp3) is 0.375. The van der Waals surface area contributed by atoms with Crippen LogP contribution in [0.5, 0.6) is 0 Å². The molecule has 1 heterocycles. The fourth-order valence-electron chi connectivity index (χ4n) is 4.71. The van der Waals surface area contributed by atoms with Crippen LogP contribution in [0.1, 0.15) is 48.8 Å². The largest absolute Gasteiger partial charge is 0.505 e. The third-order valence-electron chi connectivity index (χ3n) is 6.21. The van der Waals surface area contributed by atoms with Gasteiger partial charge in [0.2, 0.25) is 11.4 Å². The van der Waals surface area contributed by atoms with Gasteiger partial charge in [-0.3, -0.25) is 0 Å². The Morgan fingerprint density at radius 2 is 1.57 bits per heavy atom. The van der Waals surface area contributed by atoms with Crippen molar-refractivity contribution in [1.29, 1.82) is 0 Å². The van der Waals surface area contributed by atoms with Gasteiger partial charge in [-0.1, -0.05) is 67.3 Å². The van der Waals surface area contributed by atoms with Crippen molar-refractivity contribution in [3.63, 3.8) is 0 Å². The Hall–Kier alpha value is -2.75. The van der Waals surface area contributed by atoms with Gasteiger partial charge in [0.25, 0.3) is 0 Å². The number of aliphatic hydroxyl groups is 2. The summed E-state index contributed by atoms with van der Waals surface area (Å²) in [4.78, 5) is 12.2. The molecule has 2 aromatic rings. The number of carbonyl (C=O) groups is 1. The van der Waals surface area contributed by atoms with E-state index in [-0.39, 0.29) is 11.7 Å². The number of aryl methyl sites for hydroxylation is 2. The van der Waals surface area contributed by atoms with Crippen molar-refractivity contribution in [3.05, 3.63) is 70.7 Å². The molecule has 28 heavy (non-hydrogen) atoms. The predicted molar refractivity (Wildman–Crippen MR) is 108 cm³/mol. The molecule has 0 spiro atoms. The summed E-state index contributed by atoms with van der Waals surface area (Å²) in [6, 6.07) is 14.3. The zero-order chi connectivity index (χ0) is 19.9. The molecule has 146 valence electrons. The SMILES string of the molecule is Cc1ccc(-c2ccc(C3(C4CCCCC4)OC(=O)C(O)=C3O)c(C)c2)cc1. The maximum absolute atomic E-state index is 12.2. The van der Waals surface area contributed by atoms with Gasteiger partial charge in [-0.25, -0.2) is 4.79 Å². The zero-order valence-electron chi connectivity index (χ0n) is 16.4. The van der Waals surface area contributed by atoms with E-state index in [1.807, 2.05) is 19.1 Å². The monoisotopic (exact) mass is 378 g/mol. The summed E-state index contributed by atoms with van der Waals surface area (Å²) in [6.45, 7) is 4.02. The number of carbonyl (C=O) groups excluding carboxylic acids is 1. The van der Waals surface area contributed by atoms with E-state index in [4.69, 9.17) is 4.74 Å². The molecule has 0 aromatic heterocycles. The lowest BCUT2D eigenvalue weighted by atomic mass is 9.71. The summed E-state index contributed by atoms with van der Waals surface area (Å²) in [7, 11) is 0. The summed E-state index contributed by atoms with van der Waals surface area (Å²) in [6.07, 6.45) is 4.90. The first-order chi connectivity index (χ1) is 13.4. The lowest BCUT2D eigenvalue weighted by Crippen LogP contribution is -2.40. The molecule has 1 aliphatic heterocycles. The molecule has 4 rings (SSSR count). The van der Waals surface area contributed by atoms with Crippen LogP contribution in [0.4, 0.5) is 0 Å². The molecule has 0 radical (unpaired) electrons. The molecule has 2 aromatic carbocycles. The van der Waals surface area contributed by atoms with Crippen LogP contribution < -0.4 is 0 Å². The van der Waals surface area contributed by atoms with E-state index < -0.39 is 17.3 Å². The number of hydrogen-bond acceptors (Lipinski definition) is 4. The number of ether oxygens (including phenoxy) is 1. The highest BCUT2D eigenvalue weighted by atomic mass is 16.6. The highest BCUT2D eigenvalue weighted by Crippen LogP contribution is 2.51. The first kappa shape index (κ1) is 18.6. The first-order valence-corrected chi connectivity index (χ1v) is 9.97. The molecule has 1 atom stereocenters. The summed E-state index contributed by atoms with van der Waals surface area (Å²) < 4.78 is 5.73. The van der Waals surface area contributed by atoms with Crippen LogP contribution in [0, 0.1) is 19.8 Å². The number of hydrogen-bond donors (Lipinski definition) is 2. The van der Waals surface area contributed by atoms with Gasteiger partial charge < -0.3 is 14.9 Å². The summed E-state index contributed by atoms with van der Waals surface area (Å²) in [5.41, 5.74) is 3.78. The molecule has 1 unspecified atom stereocenters. The Morgan fingerprint density at radius 3 is 2.14 bits per heavy atom. The normalized spacial score (nSPS) is 23.1. The fourth-order valence-corrected chi connectivity index (χ4v) is 4.71. The lowest BCUT2D eigenvalue weighted by molar-refractivity contribution is -0.158. The highest BCUT2D eigenvalue weighted by Gasteiger charge is 2.55. The number of benzene rings is 2. The quantitative estimate of drug-likeness (QED) is 0.679. The smallest absolute Gasteiger partial charge is 0.378 e. The third-order valence-corrected chi connectivity index (χ3v) is 6.21. The van der Waals surface area contributed by atoms with E-state index >= 15 is 0 Å². The van der Waals surface area contributed by atoms with Crippen molar-refractivity contribution in [2.75, 3.05) is 0 Å². The van der Waals surface area contributed by atoms with Crippen molar-refractivity contribution in [3.8, 4) is 11.1 Å². The number of cyclic esters (lactones) is 1. The van der Waals surface area contributed by atoms with Crippen LogP contribution in [0.3, 0.4) is 0 Å². The van der Waals surface area contributed by atoms with Crippen LogP contribution in [0.15, 0.2) is 54.0 Å². The molecule has 1 aliphatic carbocycles. The van der Waals surface area contributed by atoms with Gasteiger partial charge in [-0.15, -0.1) is 0 Å². The molecule has 2 aliphatic rings. The van der Waals surface area contributed by atoms with Gasteiger partial charge in [0, 0.05) is 11.5 Å². The molecule has 2 N–H and O–H groups in total. The van der Waals surface area contributed by atoms with Crippen LogP contribution in [0.2, 0.25) is 0 Å². The van der Waals surface area contributed by atoms with E-state index in [1.54, 1.807) is 0 Å². The molecule has 1 fully saturated rings. The van der Waals surface area contributed by atoms with Crippen LogP contribution >= 0.6 is 0 Å². The Bertz CT molecular complexity index is 936. The molecular formula is C24H26O4. The van der Waals surface area contributed by atoms with Gasteiger partial charge in [0.15, 0.2) is 5.76 Å². The Balaban J connectivity index is 1.81. The Morgan fingerprint density at radius 1 is 0.929 bits per heavy atom.